The highest BCUT2D eigenvalue weighted by molar-refractivity contribution is 8.14. The van der Waals surface area contributed by atoms with Crippen LogP contribution in [0.4, 0.5) is 0 Å². The lowest BCUT2D eigenvalue weighted by atomic mass is 9.90. The molecule has 0 amide bonds. The van der Waals surface area contributed by atoms with Crippen LogP contribution in [-0.2, 0) is 0 Å². The van der Waals surface area contributed by atoms with E-state index in [0.717, 1.165) is 0 Å². The minimum absolute atomic E-state index is 0.0941. The third-order valence-corrected chi connectivity index (χ3v) is 3.66. The molecule has 0 fully saturated rings. The standard InChI is InChI=1S/C11H19ClN2O2S.C2H6/c1-7(9(12)14-16)10(13-5)17-6-8(15)11(2,3)4;1-2/h8,15-16H,1,6H2,2-5H3;1-2H3/b13-10?,14-9-;. The van der Waals surface area contributed by atoms with Gasteiger partial charge in [0.2, 0.25) is 0 Å². The fourth-order valence-corrected chi connectivity index (χ4v) is 2.20. The highest BCUT2D eigenvalue weighted by atomic mass is 35.5. The Labute approximate surface area is 125 Å². The van der Waals surface area contributed by atoms with Gasteiger partial charge in [-0.1, -0.05) is 58.0 Å². The van der Waals surface area contributed by atoms with Crippen molar-refractivity contribution in [2.45, 2.75) is 40.7 Å². The van der Waals surface area contributed by atoms with E-state index in [1.807, 2.05) is 34.6 Å². The van der Waals surface area contributed by atoms with Crippen molar-refractivity contribution >= 4 is 33.6 Å². The first-order chi connectivity index (χ1) is 8.73. The molecule has 0 aliphatic heterocycles. The van der Waals surface area contributed by atoms with Gasteiger partial charge in [0.15, 0.2) is 5.17 Å². The predicted octanol–water partition coefficient (Wildman–Crippen LogP) is 3.76. The molecule has 0 aromatic rings. The number of rotatable bonds is 4. The molecule has 1 atom stereocenters. The average Bonchev–Trinajstić information content (AvgIpc) is 2.39. The van der Waals surface area contributed by atoms with Crippen LogP contribution in [0.5, 0.6) is 0 Å². The summed E-state index contributed by atoms with van der Waals surface area (Å²) in [7, 11) is 1.60. The minimum Gasteiger partial charge on any atom is -0.410 e. The van der Waals surface area contributed by atoms with Crippen molar-refractivity contribution in [3.8, 4) is 0 Å². The molecule has 0 bridgehead atoms. The first-order valence-corrected chi connectivity index (χ1v) is 7.45. The van der Waals surface area contributed by atoms with Crippen molar-refractivity contribution in [2.75, 3.05) is 12.8 Å². The Morgan fingerprint density at radius 2 is 1.84 bits per heavy atom. The summed E-state index contributed by atoms with van der Waals surface area (Å²) < 4.78 is 0. The zero-order valence-electron chi connectivity index (χ0n) is 12.6. The van der Waals surface area contributed by atoms with Crippen molar-refractivity contribution in [3.63, 3.8) is 0 Å². The highest BCUT2D eigenvalue weighted by Gasteiger charge is 2.23. The van der Waals surface area contributed by atoms with Crippen LogP contribution in [0.25, 0.3) is 0 Å². The molecule has 0 aromatic carbocycles. The highest BCUT2D eigenvalue weighted by Crippen LogP contribution is 2.24. The molecular formula is C13H25ClN2O2S. The third-order valence-electron chi connectivity index (χ3n) is 2.18. The Hall–Kier alpha value is -0.520. The van der Waals surface area contributed by atoms with E-state index in [0.29, 0.717) is 16.4 Å². The molecule has 0 aromatic heterocycles. The number of nitrogens with zero attached hydrogens (tertiary/aromatic N) is 2. The average molecular weight is 309 g/mol. The van der Waals surface area contributed by atoms with Gasteiger partial charge < -0.3 is 10.3 Å². The van der Waals surface area contributed by atoms with Crippen LogP contribution in [-0.4, -0.2) is 39.4 Å². The number of hydrogen-bond acceptors (Lipinski definition) is 5. The minimum atomic E-state index is -0.470. The Morgan fingerprint density at radius 1 is 1.37 bits per heavy atom. The lowest BCUT2D eigenvalue weighted by Gasteiger charge is -2.25. The molecule has 0 aliphatic carbocycles. The lowest BCUT2D eigenvalue weighted by Crippen LogP contribution is -2.28. The Balaban J connectivity index is 0. The maximum Gasteiger partial charge on any atom is 0.177 e. The quantitative estimate of drug-likeness (QED) is 0.360. The van der Waals surface area contributed by atoms with Crippen LogP contribution in [0.1, 0.15) is 34.6 Å². The van der Waals surface area contributed by atoms with Gasteiger partial charge >= 0.3 is 0 Å². The normalized spacial score (nSPS) is 14.5. The van der Waals surface area contributed by atoms with Crippen molar-refractivity contribution in [1.82, 2.24) is 0 Å². The summed E-state index contributed by atoms with van der Waals surface area (Å²) in [5, 5.41) is 21.7. The van der Waals surface area contributed by atoms with Gasteiger partial charge in [-0.25, -0.2) is 0 Å². The van der Waals surface area contributed by atoms with Crippen molar-refractivity contribution in [3.05, 3.63) is 12.2 Å². The largest absolute Gasteiger partial charge is 0.410 e. The molecule has 0 spiro atoms. The van der Waals surface area contributed by atoms with Gasteiger partial charge in [-0.2, -0.15) is 0 Å². The van der Waals surface area contributed by atoms with E-state index < -0.39 is 6.10 Å². The Bertz CT molecular complexity index is 336. The number of aliphatic imine (C=N–C) groups is 1. The Kier molecular flexibility index (Phi) is 11.3. The lowest BCUT2D eigenvalue weighted by molar-refractivity contribution is 0.0844. The van der Waals surface area contributed by atoms with E-state index in [4.69, 9.17) is 16.8 Å². The zero-order chi connectivity index (χ0) is 15.6. The molecule has 112 valence electrons. The van der Waals surface area contributed by atoms with Gasteiger partial charge in [-0.05, 0) is 5.41 Å². The van der Waals surface area contributed by atoms with Gasteiger partial charge in [-0.3, -0.25) is 4.99 Å². The molecule has 0 aliphatic rings. The molecule has 19 heavy (non-hydrogen) atoms. The summed E-state index contributed by atoms with van der Waals surface area (Å²) in [4.78, 5) is 4.00. The predicted molar refractivity (Wildman–Crippen MR) is 86.8 cm³/mol. The molecular weight excluding hydrogens is 284 g/mol. The van der Waals surface area contributed by atoms with Crippen LogP contribution in [0.2, 0.25) is 0 Å². The maximum absolute atomic E-state index is 9.89. The SMILES string of the molecule is C=C(C(=NC)SCC(O)C(C)(C)C)/C(Cl)=N/O.CC. The number of oxime groups is 1. The van der Waals surface area contributed by atoms with E-state index >= 15 is 0 Å². The Morgan fingerprint density at radius 3 is 2.16 bits per heavy atom. The van der Waals surface area contributed by atoms with E-state index in [9.17, 15) is 5.11 Å². The number of thioether (sulfide) groups is 1. The fourth-order valence-electron chi connectivity index (χ4n) is 0.843. The van der Waals surface area contributed by atoms with E-state index in [1.165, 1.54) is 11.8 Å². The van der Waals surface area contributed by atoms with Crippen molar-refractivity contribution < 1.29 is 10.3 Å². The second kappa shape index (κ2) is 10.3. The van der Waals surface area contributed by atoms with Gasteiger partial charge in [0.25, 0.3) is 0 Å². The monoisotopic (exact) mass is 308 g/mol. The fraction of sp³-hybridized carbons (Fsp3) is 0.692. The second-order valence-electron chi connectivity index (χ2n) is 4.59. The van der Waals surface area contributed by atoms with E-state index in [2.05, 4.69) is 16.7 Å². The smallest absolute Gasteiger partial charge is 0.177 e. The molecule has 0 saturated carbocycles. The zero-order valence-corrected chi connectivity index (χ0v) is 14.1. The van der Waals surface area contributed by atoms with Gasteiger partial charge in [0, 0.05) is 18.4 Å². The molecule has 1 unspecified atom stereocenters. The number of hydrogen-bond donors (Lipinski definition) is 2. The molecule has 4 nitrogen and oxygen atoms in total. The molecule has 2 N–H and O–H groups in total. The molecule has 0 radical (unpaired) electrons. The first kappa shape index (κ1) is 20.8. The van der Waals surface area contributed by atoms with Gasteiger partial charge in [0.1, 0.15) is 5.04 Å². The van der Waals surface area contributed by atoms with Crippen molar-refractivity contribution in [2.24, 2.45) is 15.6 Å². The summed E-state index contributed by atoms with van der Waals surface area (Å²) in [5.74, 6) is 0.477. The molecule has 6 heteroatoms. The van der Waals surface area contributed by atoms with Gasteiger partial charge in [0.05, 0.1) is 6.10 Å². The summed E-state index contributed by atoms with van der Waals surface area (Å²) in [6, 6.07) is 0. The topological polar surface area (TPSA) is 65.2 Å². The summed E-state index contributed by atoms with van der Waals surface area (Å²) in [6.07, 6.45) is -0.470. The van der Waals surface area contributed by atoms with Crippen LogP contribution >= 0.6 is 23.4 Å². The maximum atomic E-state index is 9.89. The van der Waals surface area contributed by atoms with E-state index in [1.54, 1.807) is 7.05 Å². The van der Waals surface area contributed by atoms with Crippen LogP contribution in [0.15, 0.2) is 22.3 Å². The molecule has 0 rings (SSSR count). The number of aliphatic hydroxyl groups is 1. The number of halogens is 1. The molecule has 0 heterocycles. The van der Waals surface area contributed by atoms with Crippen LogP contribution in [0.3, 0.4) is 0 Å². The summed E-state index contributed by atoms with van der Waals surface area (Å²) in [6.45, 7) is 13.5. The first-order valence-electron chi connectivity index (χ1n) is 6.08. The van der Waals surface area contributed by atoms with Crippen LogP contribution in [0, 0.1) is 5.41 Å². The van der Waals surface area contributed by atoms with E-state index in [-0.39, 0.29) is 10.6 Å². The van der Waals surface area contributed by atoms with Gasteiger partial charge in [-0.15, -0.1) is 11.8 Å². The van der Waals surface area contributed by atoms with Crippen molar-refractivity contribution in [1.29, 1.82) is 0 Å². The third kappa shape index (κ3) is 8.29. The second-order valence-corrected chi connectivity index (χ2v) is 5.96. The molecule has 0 saturated heterocycles. The number of aliphatic hydroxyl groups excluding tert-OH is 1. The summed E-state index contributed by atoms with van der Waals surface area (Å²) in [5.41, 5.74) is 0.157. The van der Waals surface area contributed by atoms with Crippen LogP contribution < -0.4 is 0 Å². The summed E-state index contributed by atoms with van der Waals surface area (Å²) >= 11 is 6.97.